The van der Waals surface area contributed by atoms with E-state index in [2.05, 4.69) is 36.6 Å². The third-order valence-electron chi connectivity index (χ3n) is 3.73. The lowest BCUT2D eigenvalue weighted by atomic mass is 9.99. The van der Waals surface area contributed by atoms with Crippen molar-refractivity contribution in [3.63, 3.8) is 0 Å². The molecule has 0 saturated heterocycles. The van der Waals surface area contributed by atoms with E-state index in [1.807, 2.05) is 19.1 Å². The Hall–Kier alpha value is -1.88. The Labute approximate surface area is 139 Å². The molecule has 0 fully saturated rings. The molecule has 0 heterocycles. The van der Waals surface area contributed by atoms with Crippen molar-refractivity contribution in [2.24, 2.45) is 5.73 Å². The van der Waals surface area contributed by atoms with Crippen LogP contribution in [0.15, 0.2) is 24.3 Å². The van der Waals surface area contributed by atoms with Crippen molar-refractivity contribution in [2.75, 3.05) is 13.1 Å². The van der Waals surface area contributed by atoms with Crippen LogP contribution in [-0.4, -0.2) is 24.9 Å². The zero-order chi connectivity index (χ0) is 17.2. The molecular formula is C18H29N3O2. The number of benzene rings is 1. The standard InChI is InChI=1S/C18H29N3O2/c1-4-20-17(22)6-5-7-18(23)21-12-16(19)15-10-8-14(9-11-15)13(2)3/h8-11,13,16H,4-7,12,19H2,1-3H3,(H,20,22)(H,21,23). The Bertz CT molecular complexity index is 497. The van der Waals surface area contributed by atoms with Gasteiger partial charge >= 0.3 is 0 Å². The predicted octanol–water partition coefficient (Wildman–Crippen LogP) is 2.23. The maximum atomic E-state index is 11.8. The lowest BCUT2D eigenvalue weighted by molar-refractivity contribution is -0.122. The van der Waals surface area contributed by atoms with E-state index in [9.17, 15) is 9.59 Å². The molecule has 1 rings (SSSR count). The molecule has 4 N–H and O–H groups in total. The molecule has 2 amide bonds. The summed E-state index contributed by atoms with van der Waals surface area (Å²) in [5.74, 6) is 0.413. The number of nitrogens with one attached hydrogen (secondary N) is 2. The smallest absolute Gasteiger partial charge is 0.220 e. The van der Waals surface area contributed by atoms with Gasteiger partial charge in [0.25, 0.3) is 0 Å². The zero-order valence-electron chi connectivity index (χ0n) is 14.4. The van der Waals surface area contributed by atoms with E-state index in [-0.39, 0.29) is 17.9 Å². The molecule has 0 aliphatic heterocycles. The largest absolute Gasteiger partial charge is 0.356 e. The van der Waals surface area contributed by atoms with Gasteiger partial charge in [-0.15, -0.1) is 0 Å². The Balaban J connectivity index is 2.30. The van der Waals surface area contributed by atoms with E-state index in [1.165, 1.54) is 5.56 Å². The first-order chi connectivity index (χ1) is 10.9. The second-order valence-electron chi connectivity index (χ2n) is 6.04. The molecule has 1 unspecified atom stereocenters. The van der Waals surface area contributed by atoms with Gasteiger partial charge in [0.15, 0.2) is 0 Å². The fourth-order valence-corrected chi connectivity index (χ4v) is 2.25. The van der Waals surface area contributed by atoms with Gasteiger partial charge < -0.3 is 16.4 Å². The van der Waals surface area contributed by atoms with Crippen molar-refractivity contribution < 1.29 is 9.59 Å². The number of nitrogens with two attached hydrogens (primary N) is 1. The molecule has 1 aromatic rings. The maximum absolute atomic E-state index is 11.8. The van der Waals surface area contributed by atoms with Crippen LogP contribution in [0.4, 0.5) is 0 Å². The molecule has 1 atom stereocenters. The summed E-state index contributed by atoms with van der Waals surface area (Å²) in [6.45, 7) is 7.20. The Morgan fingerprint density at radius 2 is 1.52 bits per heavy atom. The first-order valence-electron chi connectivity index (χ1n) is 8.32. The lowest BCUT2D eigenvalue weighted by Crippen LogP contribution is -2.32. The topological polar surface area (TPSA) is 84.2 Å². The summed E-state index contributed by atoms with van der Waals surface area (Å²) in [6.07, 6.45) is 1.27. The molecule has 0 spiro atoms. The van der Waals surface area contributed by atoms with Crippen LogP contribution in [0.3, 0.4) is 0 Å². The van der Waals surface area contributed by atoms with E-state index in [0.717, 1.165) is 5.56 Å². The second-order valence-corrected chi connectivity index (χ2v) is 6.04. The highest BCUT2D eigenvalue weighted by Crippen LogP contribution is 2.17. The SMILES string of the molecule is CCNC(=O)CCCC(=O)NCC(N)c1ccc(C(C)C)cc1. The summed E-state index contributed by atoms with van der Waals surface area (Å²) in [5.41, 5.74) is 8.39. The van der Waals surface area contributed by atoms with E-state index in [0.29, 0.717) is 38.3 Å². The van der Waals surface area contributed by atoms with Crippen LogP contribution < -0.4 is 16.4 Å². The quantitative estimate of drug-likeness (QED) is 0.652. The van der Waals surface area contributed by atoms with Crippen molar-refractivity contribution in [1.82, 2.24) is 10.6 Å². The first kappa shape index (κ1) is 19.2. The van der Waals surface area contributed by atoms with Gasteiger partial charge in [0.1, 0.15) is 0 Å². The number of amides is 2. The Morgan fingerprint density at radius 1 is 1.00 bits per heavy atom. The molecule has 5 nitrogen and oxygen atoms in total. The summed E-state index contributed by atoms with van der Waals surface area (Å²) in [6, 6.07) is 7.97. The molecule has 23 heavy (non-hydrogen) atoms. The molecule has 0 aliphatic carbocycles. The highest BCUT2D eigenvalue weighted by Gasteiger charge is 2.09. The molecule has 128 valence electrons. The van der Waals surface area contributed by atoms with E-state index >= 15 is 0 Å². The van der Waals surface area contributed by atoms with Gasteiger partial charge in [0.2, 0.25) is 11.8 Å². The van der Waals surface area contributed by atoms with Crippen LogP contribution in [-0.2, 0) is 9.59 Å². The van der Waals surface area contributed by atoms with Gasteiger partial charge in [0, 0.05) is 32.0 Å². The first-order valence-corrected chi connectivity index (χ1v) is 8.32. The fraction of sp³-hybridized carbons (Fsp3) is 0.556. The fourth-order valence-electron chi connectivity index (χ4n) is 2.25. The number of hydrogen-bond donors (Lipinski definition) is 3. The van der Waals surface area contributed by atoms with Crippen LogP contribution in [0.2, 0.25) is 0 Å². The van der Waals surface area contributed by atoms with Crippen LogP contribution >= 0.6 is 0 Å². The third kappa shape index (κ3) is 7.28. The van der Waals surface area contributed by atoms with Crippen molar-refractivity contribution in [2.45, 2.75) is 52.0 Å². The van der Waals surface area contributed by atoms with Gasteiger partial charge in [-0.3, -0.25) is 9.59 Å². The summed E-state index contributed by atoms with van der Waals surface area (Å²) >= 11 is 0. The minimum atomic E-state index is -0.219. The van der Waals surface area contributed by atoms with Gasteiger partial charge in [-0.2, -0.15) is 0 Å². The zero-order valence-corrected chi connectivity index (χ0v) is 14.4. The summed E-state index contributed by atoms with van der Waals surface area (Å²) in [7, 11) is 0. The second kappa shape index (κ2) is 10.0. The minimum absolute atomic E-state index is 0.0118. The normalized spacial score (nSPS) is 12.0. The highest BCUT2D eigenvalue weighted by molar-refractivity contribution is 5.78. The van der Waals surface area contributed by atoms with Crippen molar-refractivity contribution in [3.8, 4) is 0 Å². The van der Waals surface area contributed by atoms with Gasteiger partial charge in [-0.25, -0.2) is 0 Å². The monoisotopic (exact) mass is 319 g/mol. The predicted molar refractivity (Wildman–Crippen MR) is 93.0 cm³/mol. The number of carbonyl (C=O) groups excluding carboxylic acids is 2. The lowest BCUT2D eigenvalue weighted by Gasteiger charge is -2.14. The molecule has 0 saturated carbocycles. The molecule has 1 aromatic carbocycles. The Kier molecular flexibility index (Phi) is 8.33. The van der Waals surface area contributed by atoms with E-state index in [4.69, 9.17) is 5.73 Å². The molecule has 0 radical (unpaired) electrons. The maximum Gasteiger partial charge on any atom is 0.220 e. The summed E-state index contributed by atoms with van der Waals surface area (Å²) < 4.78 is 0. The molecule has 0 aliphatic rings. The molecule has 0 bridgehead atoms. The summed E-state index contributed by atoms with van der Waals surface area (Å²) in [4.78, 5) is 23.1. The number of rotatable bonds is 9. The van der Waals surface area contributed by atoms with Crippen LogP contribution in [0.5, 0.6) is 0 Å². The average Bonchev–Trinajstić information content (AvgIpc) is 2.53. The van der Waals surface area contributed by atoms with Crippen LogP contribution in [0.1, 0.15) is 63.1 Å². The van der Waals surface area contributed by atoms with Gasteiger partial charge in [-0.05, 0) is 30.4 Å². The third-order valence-corrected chi connectivity index (χ3v) is 3.73. The number of hydrogen-bond acceptors (Lipinski definition) is 3. The molecule has 5 heteroatoms. The van der Waals surface area contributed by atoms with E-state index < -0.39 is 0 Å². The van der Waals surface area contributed by atoms with Crippen LogP contribution in [0, 0.1) is 0 Å². The summed E-state index contributed by atoms with van der Waals surface area (Å²) in [5, 5.41) is 5.54. The molecular weight excluding hydrogens is 290 g/mol. The Morgan fingerprint density at radius 3 is 2.04 bits per heavy atom. The van der Waals surface area contributed by atoms with Crippen LogP contribution in [0.25, 0.3) is 0 Å². The van der Waals surface area contributed by atoms with Gasteiger partial charge in [0.05, 0.1) is 0 Å². The molecule has 0 aromatic heterocycles. The van der Waals surface area contributed by atoms with E-state index in [1.54, 1.807) is 0 Å². The minimum Gasteiger partial charge on any atom is -0.356 e. The number of carbonyl (C=O) groups is 2. The van der Waals surface area contributed by atoms with Gasteiger partial charge in [-0.1, -0.05) is 38.1 Å². The van der Waals surface area contributed by atoms with Crippen molar-refractivity contribution >= 4 is 11.8 Å². The van der Waals surface area contributed by atoms with Crippen molar-refractivity contribution in [3.05, 3.63) is 35.4 Å². The highest BCUT2D eigenvalue weighted by atomic mass is 16.2. The average molecular weight is 319 g/mol. The van der Waals surface area contributed by atoms with Crippen molar-refractivity contribution in [1.29, 1.82) is 0 Å².